The smallest absolute Gasteiger partial charge is 0.262 e. The maximum atomic E-state index is 13.3. The molecule has 4 aromatic rings. The third kappa shape index (κ3) is 8.10. The average Bonchev–Trinajstić information content (AvgIpc) is 3.98. The Morgan fingerprint density at radius 3 is 2.27 bits per heavy atom. The van der Waals surface area contributed by atoms with Crippen LogP contribution in [0.3, 0.4) is 0 Å². The van der Waals surface area contributed by atoms with Gasteiger partial charge < -0.3 is 20.1 Å². The van der Waals surface area contributed by atoms with Crippen LogP contribution in [-0.4, -0.2) is 105 Å². The van der Waals surface area contributed by atoms with Gasteiger partial charge >= 0.3 is 0 Å². The van der Waals surface area contributed by atoms with Crippen molar-refractivity contribution in [3.8, 4) is 0 Å². The summed E-state index contributed by atoms with van der Waals surface area (Å²) in [6, 6.07) is 17.9. The van der Waals surface area contributed by atoms with E-state index in [1.807, 2.05) is 53.4 Å². The van der Waals surface area contributed by atoms with Crippen LogP contribution in [0.1, 0.15) is 113 Å². The highest BCUT2D eigenvalue weighted by atomic mass is 16.2. The van der Waals surface area contributed by atoms with E-state index in [1.54, 1.807) is 12.1 Å². The van der Waals surface area contributed by atoms with Crippen LogP contribution >= 0.6 is 0 Å². The molecule has 0 radical (unpaired) electrons. The molecule has 59 heavy (non-hydrogen) atoms. The molecule has 306 valence electrons. The van der Waals surface area contributed by atoms with Gasteiger partial charge in [0, 0.05) is 56.0 Å². The molecule has 3 N–H and O–H groups in total. The summed E-state index contributed by atoms with van der Waals surface area (Å²) in [5.41, 5.74) is 5.73. The SMILES string of the molecule is O=C1CCC(N2C(=O)c3ccc(N4CCC(CCC(=O)N5CCC(c6ccc(C(=O)Nc7ccc8[nH]c(CN9CCCC9)nc8c7)cc6)CC5)CC4)cc3C2=O)C(=O)N1. The lowest BCUT2D eigenvalue weighted by molar-refractivity contribution is -0.136. The molecule has 6 heterocycles. The fraction of sp³-hybridized carbons (Fsp3) is 0.444. The van der Waals surface area contributed by atoms with Crippen LogP contribution in [-0.2, 0) is 20.9 Å². The number of likely N-dealkylation sites (tertiary alicyclic amines) is 2. The molecule has 5 aliphatic heterocycles. The van der Waals surface area contributed by atoms with Gasteiger partial charge in [-0.2, -0.15) is 0 Å². The Balaban J connectivity index is 0.707. The van der Waals surface area contributed by atoms with Gasteiger partial charge in [0.1, 0.15) is 11.9 Å². The van der Waals surface area contributed by atoms with Crippen LogP contribution < -0.4 is 15.5 Å². The van der Waals surface area contributed by atoms with Crippen LogP contribution in [0.25, 0.3) is 11.0 Å². The summed E-state index contributed by atoms with van der Waals surface area (Å²) in [6.45, 7) is 6.04. The Labute approximate surface area is 342 Å². The first kappa shape index (κ1) is 38.6. The molecule has 1 aromatic heterocycles. The molecule has 14 heteroatoms. The zero-order chi connectivity index (χ0) is 40.6. The molecular weight excluding hydrogens is 749 g/mol. The van der Waals surface area contributed by atoms with Gasteiger partial charge in [0.15, 0.2) is 0 Å². The van der Waals surface area contributed by atoms with Crippen molar-refractivity contribution in [2.75, 3.05) is 49.5 Å². The van der Waals surface area contributed by atoms with Gasteiger partial charge in [0.25, 0.3) is 17.7 Å². The predicted octanol–water partition coefficient (Wildman–Crippen LogP) is 5.22. The highest BCUT2D eigenvalue weighted by Gasteiger charge is 2.45. The summed E-state index contributed by atoms with van der Waals surface area (Å²) in [5, 5.41) is 5.26. The van der Waals surface area contributed by atoms with Crippen molar-refractivity contribution >= 4 is 57.9 Å². The highest BCUT2D eigenvalue weighted by molar-refractivity contribution is 6.23. The number of imidazole rings is 1. The van der Waals surface area contributed by atoms with Gasteiger partial charge in [-0.3, -0.25) is 43.9 Å². The fourth-order valence-electron chi connectivity index (χ4n) is 9.56. The number of carbonyl (C=O) groups excluding carboxylic acids is 6. The molecule has 5 aliphatic rings. The molecule has 1 unspecified atom stereocenters. The number of hydrogen-bond donors (Lipinski definition) is 3. The quantitative estimate of drug-likeness (QED) is 0.183. The molecule has 0 bridgehead atoms. The van der Waals surface area contributed by atoms with Gasteiger partial charge in [0.05, 0.1) is 28.7 Å². The van der Waals surface area contributed by atoms with Crippen molar-refractivity contribution < 1.29 is 28.8 Å². The highest BCUT2D eigenvalue weighted by Crippen LogP contribution is 2.34. The number of nitrogens with one attached hydrogen (secondary N) is 3. The second-order valence-electron chi connectivity index (χ2n) is 16.8. The summed E-state index contributed by atoms with van der Waals surface area (Å²) in [6.07, 6.45) is 7.67. The van der Waals surface area contributed by atoms with E-state index in [0.29, 0.717) is 29.5 Å². The molecule has 1 atom stereocenters. The summed E-state index contributed by atoms with van der Waals surface area (Å²) in [7, 11) is 0. The minimum Gasteiger partial charge on any atom is -0.371 e. The molecule has 4 saturated heterocycles. The number of H-pyrrole nitrogens is 1. The molecule has 0 aliphatic carbocycles. The van der Waals surface area contributed by atoms with E-state index in [4.69, 9.17) is 4.98 Å². The molecule has 4 fully saturated rings. The summed E-state index contributed by atoms with van der Waals surface area (Å²) < 4.78 is 0. The van der Waals surface area contributed by atoms with Crippen LogP contribution in [0, 0.1) is 5.92 Å². The number of rotatable bonds is 10. The number of carbonyl (C=O) groups is 6. The van der Waals surface area contributed by atoms with E-state index in [-0.39, 0.29) is 35.8 Å². The van der Waals surface area contributed by atoms with Gasteiger partial charge in [-0.1, -0.05) is 12.1 Å². The Hall–Kier alpha value is -5.89. The molecule has 0 saturated carbocycles. The standard InChI is InChI=1S/C45H50N8O6/c54-40-13-12-38(43(57)49-40)53-44(58)34-10-9-33(26-35(34)45(53)59)51-21-15-28(16-22-51)3-14-41(55)52-23-17-30(18-24-52)29-4-6-31(7-5-29)42(56)46-32-8-11-36-37(25-32)48-39(47-36)27-50-19-1-2-20-50/h4-11,25-26,28,30,38H,1-3,12-24,27H2,(H,46,56)(H,47,48)(H,49,54,57). The molecule has 3 aromatic carbocycles. The van der Waals surface area contributed by atoms with Crippen LogP contribution in [0.5, 0.6) is 0 Å². The zero-order valence-electron chi connectivity index (χ0n) is 33.2. The van der Waals surface area contributed by atoms with E-state index < -0.39 is 29.7 Å². The third-order valence-corrected chi connectivity index (χ3v) is 13.0. The Morgan fingerprint density at radius 2 is 1.53 bits per heavy atom. The van der Waals surface area contributed by atoms with Crippen molar-refractivity contribution in [2.24, 2.45) is 5.92 Å². The monoisotopic (exact) mass is 798 g/mol. The lowest BCUT2D eigenvalue weighted by Gasteiger charge is -2.35. The number of hydrogen-bond acceptors (Lipinski definition) is 9. The number of aromatic amines is 1. The molecule has 14 nitrogen and oxygen atoms in total. The summed E-state index contributed by atoms with van der Waals surface area (Å²) in [5.74, 6) is -0.264. The van der Waals surface area contributed by atoms with Crippen molar-refractivity contribution in [3.05, 3.63) is 88.7 Å². The van der Waals surface area contributed by atoms with Gasteiger partial charge in [-0.15, -0.1) is 0 Å². The van der Waals surface area contributed by atoms with Crippen LogP contribution in [0.2, 0.25) is 0 Å². The number of piperidine rings is 3. The second kappa shape index (κ2) is 16.4. The maximum absolute atomic E-state index is 13.3. The van der Waals surface area contributed by atoms with Gasteiger partial charge in [-0.25, -0.2) is 4.98 Å². The number of anilines is 2. The first-order valence-corrected chi connectivity index (χ1v) is 21.2. The fourth-order valence-corrected chi connectivity index (χ4v) is 9.56. The van der Waals surface area contributed by atoms with Crippen molar-refractivity contribution in [2.45, 2.75) is 82.7 Å². The Kier molecular flexibility index (Phi) is 10.7. The minimum absolute atomic E-state index is 0.0833. The summed E-state index contributed by atoms with van der Waals surface area (Å²) in [4.78, 5) is 92.6. The minimum atomic E-state index is -0.984. The topological polar surface area (TPSA) is 168 Å². The lowest BCUT2D eigenvalue weighted by Crippen LogP contribution is -2.54. The van der Waals surface area contributed by atoms with E-state index in [9.17, 15) is 28.8 Å². The summed E-state index contributed by atoms with van der Waals surface area (Å²) >= 11 is 0. The Bertz CT molecular complexity index is 2300. The van der Waals surface area contributed by atoms with E-state index >= 15 is 0 Å². The zero-order valence-corrected chi connectivity index (χ0v) is 33.2. The maximum Gasteiger partial charge on any atom is 0.262 e. The average molecular weight is 799 g/mol. The van der Waals surface area contributed by atoms with E-state index in [0.717, 1.165) is 105 Å². The molecule has 6 amide bonds. The lowest BCUT2D eigenvalue weighted by atomic mass is 9.88. The van der Waals surface area contributed by atoms with Crippen molar-refractivity contribution in [3.63, 3.8) is 0 Å². The predicted molar refractivity (Wildman–Crippen MR) is 221 cm³/mol. The number of aromatic nitrogens is 2. The van der Waals surface area contributed by atoms with E-state index in [1.165, 1.54) is 18.4 Å². The first-order chi connectivity index (χ1) is 28.7. The number of nitrogens with zero attached hydrogens (tertiary/aromatic N) is 5. The number of benzene rings is 3. The number of fused-ring (bicyclic) bond motifs is 2. The Morgan fingerprint density at radius 1 is 0.780 bits per heavy atom. The molecule has 0 spiro atoms. The van der Waals surface area contributed by atoms with Gasteiger partial charge in [-0.05, 0) is 130 Å². The normalized spacial score (nSPS) is 20.7. The molecule has 9 rings (SSSR count). The molecular formula is C45H50N8O6. The largest absolute Gasteiger partial charge is 0.371 e. The van der Waals surface area contributed by atoms with E-state index in [2.05, 4.69) is 25.4 Å². The van der Waals surface area contributed by atoms with Crippen LogP contribution in [0.4, 0.5) is 11.4 Å². The number of imide groups is 2. The third-order valence-electron chi connectivity index (χ3n) is 13.0. The van der Waals surface area contributed by atoms with Crippen molar-refractivity contribution in [1.82, 2.24) is 30.0 Å². The van der Waals surface area contributed by atoms with Crippen LogP contribution in [0.15, 0.2) is 60.7 Å². The second-order valence-corrected chi connectivity index (χ2v) is 16.8. The van der Waals surface area contributed by atoms with Crippen molar-refractivity contribution in [1.29, 1.82) is 0 Å². The van der Waals surface area contributed by atoms with Gasteiger partial charge in [0.2, 0.25) is 17.7 Å². The first-order valence-electron chi connectivity index (χ1n) is 21.2. The number of amides is 6.